The average Bonchev–Trinajstić information content (AvgIpc) is 2.75. The molecule has 3 heterocycles. The largest absolute Gasteiger partial charge is 0.339 e. The molecule has 0 saturated carbocycles. The van der Waals surface area contributed by atoms with Gasteiger partial charge in [0.1, 0.15) is 0 Å². The van der Waals surface area contributed by atoms with Gasteiger partial charge in [-0.25, -0.2) is 9.97 Å². The Morgan fingerprint density at radius 2 is 1.67 bits per heavy atom. The number of benzene rings is 1. The van der Waals surface area contributed by atoms with Crippen LogP contribution >= 0.6 is 0 Å². The smallest absolute Gasteiger partial charge is 0.225 e. The maximum Gasteiger partial charge on any atom is 0.225 e. The summed E-state index contributed by atoms with van der Waals surface area (Å²) in [6.07, 6.45) is 3.79. The molecule has 1 amide bonds. The van der Waals surface area contributed by atoms with Crippen LogP contribution < -0.4 is 4.90 Å². The van der Waals surface area contributed by atoms with Gasteiger partial charge in [0.15, 0.2) is 0 Å². The van der Waals surface area contributed by atoms with Gasteiger partial charge < -0.3 is 14.7 Å². The van der Waals surface area contributed by atoms with E-state index in [0.717, 1.165) is 69.3 Å². The zero-order valence-corrected chi connectivity index (χ0v) is 15.9. The Kier molecular flexibility index (Phi) is 5.34. The van der Waals surface area contributed by atoms with Crippen LogP contribution in [0.3, 0.4) is 0 Å². The maximum atomic E-state index is 12.8. The Bertz CT molecular complexity index is 765. The Morgan fingerprint density at radius 1 is 0.963 bits per heavy atom. The lowest BCUT2D eigenvalue weighted by Crippen LogP contribution is -2.51. The lowest BCUT2D eigenvalue weighted by molar-refractivity contribution is -0.137. The van der Waals surface area contributed by atoms with Crippen LogP contribution in [0.2, 0.25) is 0 Å². The molecule has 0 bridgehead atoms. The van der Waals surface area contributed by atoms with Crippen LogP contribution in [0.25, 0.3) is 11.3 Å². The second kappa shape index (κ2) is 8.05. The number of likely N-dealkylation sites (tertiary alicyclic amines) is 1. The molecule has 0 N–H and O–H groups in total. The molecule has 0 spiro atoms. The number of anilines is 1. The molecule has 0 atom stereocenters. The highest BCUT2D eigenvalue weighted by molar-refractivity contribution is 5.79. The Hall–Kier alpha value is -2.47. The molecular weight excluding hydrogens is 338 g/mol. The molecule has 2 saturated heterocycles. The lowest BCUT2D eigenvalue weighted by Gasteiger charge is -2.38. The third kappa shape index (κ3) is 4.11. The molecule has 2 aromatic rings. The van der Waals surface area contributed by atoms with Crippen molar-refractivity contribution in [2.45, 2.75) is 12.8 Å². The average molecular weight is 365 g/mol. The number of amides is 1. The van der Waals surface area contributed by atoms with Crippen molar-refractivity contribution in [1.82, 2.24) is 19.8 Å². The fraction of sp³-hybridized carbons (Fsp3) is 0.476. The predicted molar refractivity (Wildman–Crippen MR) is 106 cm³/mol. The summed E-state index contributed by atoms with van der Waals surface area (Å²) in [5.74, 6) is 1.29. The van der Waals surface area contributed by atoms with Gasteiger partial charge in [-0.15, -0.1) is 0 Å². The van der Waals surface area contributed by atoms with Crippen LogP contribution in [0.15, 0.2) is 42.6 Å². The lowest BCUT2D eigenvalue weighted by atomic mass is 9.95. The minimum Gasteiger partial charge on any atom is -0.339 e. The van der Waals surface area contributed by atoms with Crippen molar-refractivity contribution in [3.05, 3.63) is 42.6 Å². The van der Waals surface area contributed by atoms with E-state index in [1.807, 2.05) is 35.4 Å². The summed E-state index contributed by atoms with van der Waals surface area (Å²) in [6, 6.07) is 12.1. The van der Waals surface area contributed by atoms with Crippen molar-refractivity contribution in [2.24, 2.45) is 5.92 Å². The second-order valence-electron chi connectivity index (χ2n) is 7.50. The number of nitrogens with zero attached hydrogens (tertiary/aromatic N) is 5. The molecule has 4 rings (SSSR count). The zero-order chi connectivity index (χ0) is 18.6. The molecule has 0 unspecified atom stereocenters. The van der Waals surface area contributed by atoms with Crippen molar-refractivity contribution in [3.63, 3.8) is 0 Å². The van der Waals surface area contributed by atoms with E-state index in [-0.39, 0.29) is 5.92 Å². The fourth-order valence-electron chi connectivity index (χ4n) is 3.91. The van der Waals surface area contributed by atoms with Crippen molar-refractivity contribution in [2.75, 3.05) is 51.2 Å². The summed E-state index contributed by atoms with van der Waals surface area (Å²) >= 11 is 0. The van der Waals surface area contributed by atoms with Gasteiger partial charge in [0.25, 0.3) is 0 Å². The molecule has 0 aliphatic carbocycles. The van der Waals surface area contributed by atoms with E-state index in [1.165, 1.54) is 0 Å². The number of rotatable bonds is 3. The summed E-state index contributed by atoms with van der Waals surface area (Å²) in [5.41, 5.74) is 2.03. The van der Waals surface area contributed by atoms with Crippen LogP contribution in [-0.4, -0.2) is 72.0 Å². The van der Waals surface area contributed by atoms with E-state index in [2.05, 4.69) is 34.0 Å². The highest BCUT2D eigenvalue weighted by Crippen LogP contribution is 2.22. The van der Waals surface area contributed by atoms with Gasteiger partial charge in [-0.05, 0) is 39.0 Å². The van der Waals surface area contributed by atoms with E-state index in [0.29, 0.717) is 5.91 Å². The van der Waals surface area contributed by atoms with Crippen molar-refractivity contribution in [3.8, 4) is 11.3 Å². The van der Waals surface area contributed by atoms with Gasteiger partial charge in [-0.1, -0.05) is 30.3 Å². The Morgan fingerprint density at radius 3 is 2.37 bits per heavy atom. The molecule has 2 aliphatic rings. The van der Waals surface area contributed by atoms with Crippen LogP contribution in [0.1, 0.15) is 12.8 Å². The molecule has 0 radical (unpaired) electrons. The first-order chi connectivity index (χ1) is 13.2. The van der Waals surface area contributed by atoms with Gasteiger partial charge in [-0.3, -0.25) is 4.79 Å². The molecule has 6 heteroatoms. The second-order valence-corrected chi connectivity index (χ2v) is 7.50. The van der Waals surface area contributed by atoms with Gasteiger partial charge in [0.2, 0.25) is 11.9 Å². The summed E-state index contributed by atoms with van der Waals surface area (Å²) in [5, 5.41) is 0. The topological polar surface area (TPSA) is 52.6 Å². The van der Waals surface area contributed by atoms with E-state index in [4.69, 9.17) is 4.98 Å². The summed E-state index contributed by atoms with van der Waals surface area (Å²) < 4.78 is 0. The normalized spacial score (nSPS) is 19.3. The predicted octanol–water partition coefficient (Wildman–Crippen LogP) is 2.13. The van der Waals surface area contributed by atoms with E-state index in [9.17, 15) is 4.79 Å². The van der Waals surface area contributed by atoms with Crippen molar-refractivity contribution < 1.29 is 4.79 Å². The highest BCUT2D eigenvalue weighted by atomic mass is 16.2. The first-order valence-corrected chi connectivity index (χ1v) is 9.81. The van der Waals surface area contributed by atoms with Crippen LogP contribution in [-0.2, 0) is 4.79 Å². The summed E-state index contributed by atoms with van der Waals surface area (Å²) in [7, 11) is 2.13. The summed E-state index contributed by atoms with van der Waals surface area (Å²) in [4.78, 5) is 28.5. The van der Waals surface area contributed by atoms with E-state index >= 15 is 0 Å². The molecular formula is C21H27N5O. The molecule has 6 nitrogen and oxygen atoms in total. The quantitative estimate of drug-likeness (QED) is 0.834. The molecule has 2 aliphatic heterocycles. The number of carbonyl (C=O) groups is 1. The monoisotopic (exact) mass is 365 g/mol. The molecule has 1 aromatic heterocycles. The van der Waals surface area contributed by atoms with Gasteiger partial charge >= 0.3 is 0 Å². The zero-order valence-electron chi connectivity index (χ0n) is 15.9. The fourth-order valence-corrected chi connectivity index (χ4v) is 3.91. The number of hydrogen-bond donors (Lipinski definition) is 0. The van der Waals surface area contributed by atoms with Crippen molar-refractivity contribution in [1.29, 1.82) is 0 Å². The van der Waals surface area contributed by atoms with Gasteiger partial charge in [0.05, 0.1) is 5.69 Å². The Labute approximate surface area is 160 Å². The first-order valence-electron chi connectivity index (χ1n) is 9.81. The number of aromatic nitrogens is 2. The number of piperazine rings is 1. The number of piperidine rings is 1. The SMILES string of the molecule is CN1CCC(C(=O)N2CCN(c3nccc(-c4ccccc4)n3)CC2)CC1. The van der Waals surface area contributed by atoms with Crippen LogP contribution in [0.4, 0.5) is 5.95 Å². The number of carbonyl (C=O) groups excluding carboxylic acids is 1. The van der Waals surface area contributed by atoms with Gasteiger partial charge in [0, 0.05) is 43.9 Å². The van der Waals surface area contributed by atoms with E-state index in [1.54, 1.807) is 0 Å². The molecule has 2 fully saturated rings. The Balaban J connectivity index is 1.37. The van der Waals surface area contributed by atoms with E-state index < -0.39 is 0 Å². The molecule has 142 valence electrons. The third-order valence-electron chi connectivity index (χ3n) is 5.65. The minimum absolute atomic E-state index is 0.199. The maximum absolute atomic E-state index is 12.8. The minimum atomic E-state index is 0.199. The van der Waals surface area contributed by atoms with Crippen molar-refractivity contribution >= 4 is 11.9 Å². The first kappa shape index (κ1) is 17.9. The molecule has 1 aromatic carbocycles. The highest BCUT2D eigenvalue weighted by Gasteiger charge is 2.30. The standard InChI is InChI=1S/C21H27N5O/c1-24-11-8-18(9-12-24)20(27)25-13-15-26(16-14-25)21-22-10-7-19(23-21)17-5-3-2-4-6-17/h2-7,10,18H,8-9,11-16H2,1H3. The molecule has 27 heavy (non-hydrogen) atoms. The van der Waals surface area contributed by atoms with Crippen LogP contribution in [0, 0.1) is 5.92 Å². The summed E-state index contributed by atoms with van der Waals surface area (Å²) in [6.45, 7) is 5.13. The van der Waals surface area contributed by atoms with Gasteiger partial charge in [-0.2, -0.15) is 0 Å². The number of hydrogen-bond acceptors (Lipinski definition) is 5. The third-order valence-corrected chi connectivity index (χ3v) is 5.65. The van der Waals surface area contributed by atoms with Crippen LogP contribution in [0.5, 0.6) is 0 Å².